The van der Waals surface area contributed by atoms with E-state index in [2.05, 4.69) is 31.9 Å². The molecule has 0 fully saturated rings. The van der Waals surface area contributed by atoms with Crippen LogP contribution in [0.2, 0.25) is 0 Å². The van der Waals surface area contributed by atoms with E-state index < -0.39 is 3.23 Å². The smallest absolute Gasteiger partial charge is 0.160 e. The van der Waals surface area contributed by atoms with E-state index in [4.69, 9.17) is 4.74 Å². The Morgan fingerprint density at radius 1 is 1.05 bits per heavy atom. The minimum absolute atomic E-state index is 0.503. The van der Waals surface area contributed by atoms with Crippen molar-refractivity contribution in [2.45, 2.75) is 9.84 Å². The molecule has 0 saturated heterocycles. The zero-order valence-corrected chi connectivity index (χ0v) is 13.2. The highest BCUT2D eigenvalue weighted by molar-refractivity contribution is 9.25. The monoisotopic (exact) mass is 382 g/mol. The summed E-state index contributed by atoms with van der Waals surface area (Å²) < 4.78 is 4.86. The van der Waals surface area contributed by atoms with Crippen LogP contribution in [0.1, 0.15) is 11.1 Å². The molecule has 2 aromatic carbocycles. The first-order valence-electron chi connectivity index (χ1n) is 5.73. The molecule has 0 atom stereocenters. The third-order valence-corrected chi connectivity index (χ3v) is 3.90. The van der Waals surface area contributed by atoms with Crippen molar-refractivity contribution < 1.29 is 9.53 Å². The molecule has 0 aromatic heterocycles. The van der Waals surface area contributed by atoms with Crippen molar-refractivity contribution in [2.75, 3.05) is 0 Å². The SMILES string of the molecule is O=CC(Br)(Br)c1cccc(OCc2ccccc2)c1. The summed E-state index contributed by atoms with van der Waals surface area (Å²) >= 11 is 6.62. The van der Waals surface area contributed by atoms with Crippen LogP contribution in [-0.4, -0.2) is 6.29 Å². The molecule has 0 N–H and O–H groups in total. The molecular formula is C15H12Br2O2. The molecule has 0 bridgehead atoms. The topological polar surface area (TPSA) is 26.3 Å². The van der Waals surface area contributed by atoms with E-state index in [1.54, 1.807) is 0 Å². The lowest BCUT2D eigenvalue weighted by Crippen LogP contribution is -2.10. The van der Waals surface area contributed by atoms with Crippen molar-refractivity contribution in [3.63, 3.8) is 0 Å². The summed E-state index contributed by atoms with van der Waals surface area (Å²) in [7, 11) is 0. The predicted molar refractivity (Wildman–Crippen MR) is 82.8 cm³/mol. The van der Waals surface area contributed by atoms with Gasteiger partial charge in [-0.25, -0.2) is 0 Å². The molecular weight excluding hydrogens is 372 g/mol. The average Bonchev–Trinajstić information content (AvgIpc) is 2.46. The Bertz CT molecular complexity index is 553. The number of rotatable bonds is 5. The van der Waals surface area contributed by atoms with Gasteiger partial charge in [0, 0.05) is 0 Å². The van der Waals surface area contributed by atoms with E-state index in [-0.39, 0.29) is 0 Å². The number of benzene rings is 2. The average molecular weight is 384 g/mol. The molecule has 0 saturated carbocycles. The van der Waals surface area contributed by atoms with Gasteiger partial charge in [0.2, 0.25) is 0 Å². The highest BCUT2D eigenvalue weighted by Gasteiger charge is 2.24. The Morgan fingerprint density at radius 2 is 1.79 bits per heavy atom. The fraction of sp³-hybridized carbons (Fsp3) is 0.133. The van der Waals surface area contributed by atoms with Gasteiger partial charge in [0.1, 0.15) is 12.4 Å². The lowest BCUT2D eigenvalue weighted by molar-refractivity contribution is -0.107. The number of hydrogen-bond donors (Lipinski definition) is 0. The molecule has 0 aliphatic rings. The van der Waals surface area contributed by atoms with Gasteiger partial charge in [-0.3, -0.25) is 0 Å². The van der Waals surface area contributed by atoms with Gasteiger partial charge in [0.25, 0.3) is 0 Å². The quantitative estimate of drug-likeness (QED) is 0.564. The van der Waals surface area contributed by atoms with E-state index >= 15 is 0 Å². The summed E-state index contributed by atoms with van der Waals surface area (Å²) in [5, 5.41) is 0. The first kappa shape index (κ1) is 14.3. The number of halogens is 2. The van der Waals surface area contributed by atoms with Crippen molar-refractivity contribution in [3.8, 4) is 5.75 Å². The van der Waals surface area contributed by atoms with E-state index in [1.165, 1.54) is 0 Å². The number of ether oxygens (including phenoxy) is 1. The van der Waals surface area contributed by atoms with Crippen LogP contribution in [0.4, 0.5) is 0 Å². The van der Waals surface area contributed by atoms with Gasteiger partial charge in [-0.15, -0.1) is 0 Å². The minimum atomic E-state index is -0.855. The molecule has 4 heteroatoms. The Hall–Kier alpha value is -1.13. The molecule has 0 spiro atoms. The third kappa shape index (κ3) is 3.91. The van der Waals surface area contributed by atoms with Gasteiger partial charge < -0.3 is 9.53 Å². The second-order valence-corrected chi connectivity index (χ2v) is 7.61. The van der Waals surface area contributed by atoms with Crippen LogP contribution in [0, 0.1) is 0 Å². The van der Waals surface area contributed by atoms with Gasteiger partial charge in [-0.2, -0.15) is 0 Å². The summed E-state index contributed by atoms with van der Waals surface area (Å²) in [4.78, 5) is 11.0. The normalized spacial score (nSPS) is 11.1. The number of hydrogen-bond acceptors (Lipinski definition) is 2. The van der Waals surface area contributed by atoms with Crippen LogP contribution < -0.4 is 4.74 Å². The summed E-state index contributed by atoms with van der Waals surface area (Å²) in [6.07, 6.45) is 0.795. The zero-order valence-electron chi connectivity index (χ0n) is 10.1. The van der Waals surface area contributed by atoms with Gasteiger partial charge in [0.05, 0.1) is 0 Å². The second kappa shape index (κ2) is 6.35. The van der Waals surface area contributed by atoms with Crippen LogP contribution in [0.15, 0.2) is 54.6 Å². The number of aldehydes is 1. The van der Waals surface area contributed by atoms with Crippen molar-refractivity contribution in [1.29, 1.82) is 0 Å². The molecule has 19 heavy (non-hydrogen) atoms. The summed E-state index contributed by atoms with van der Waals surface area (Å²) in [5.74, 6) is 0.728. The molecule has 0 unspecified atom stereocenters. The maximum atomic E-state index is 11.0. The summed E-state index contributed by atoms with van der Waals surface area (Å²) in [5.41, 5.74) is 1.90. The van der Waals surface area contributed by atoms with Crippen LogP contribution in [0.25, 0.3) is 0 Å². The molecule has 0 amide bonds. The van der Waals surface area contributed by atoms with Crippen molar-refractivity contribution in [2.24, 2.45) is 0 Å². The molecule has 98 valence electrons. The number of carbonyl (C=O) groups excluding carboxylic acids is 1. The van der Waals surface area contributed by atoms with E-state index in [0.717, 1.165) is 23.2 Å². The highest BCUT2D eigenvalue weighted by atomic mass is 79.9. The Labute approximate surface area is 129 Å². The van der Waals surface area contributed by atoms with Crippen molar-refractivity contribution in [1.82, 2.24) is 0 Å². The van der Waals surface area contributed by atoms with Gasteiger partial charge in [-0.05, 0) is 23.3 Å². The number of carbonyl (C=O) groups is 1. The number of alkyl halides is 2. The standard InChI is InChI=1S/C15H12Br2O2/c16-15(17,11-18)13-7-4-8-14(9-13)19-10-12-5-2-1-3-6-12/h1-9,11H,10H2. The van der Waals surface area contributed by atoms with Crippen LogP contribution >= 0.6 is 31.9 Å². The largest absolute Gasteiger partial charge is 0.489 e. The predicted octanol–water partition coefficient (Wildman–Crippen LogP) is 4.41. The molecule has 0 heterocycles. The Balaban J connectivity index is 2.10. The Kier molecular flexibility index (Phi) is 4.77. The molecule has 2 rings (SSSR count). The fourth-order valence-electron chi connectivity index (χ4n) is 1.60. The zero-order chi connectivity index (χ0) is 13.7. The molecule has 0 aliphatic heterocycles. The molecule has 0 radical (unpaired) electrons. The van der Waals surface area contributed by atoms with Gasteiger partial charge in [0.15, 0.2) is 9.52 Å². The van der Waals surface area contributed by atoms with Crippen molar-refractivity contribution in [3.05, 3.63) is 65.7 Å². The summed E-state index contributed by atoms with van der Waals surface area (Å²) in [6, 6.07) is 17.4. The lowest BCUT2D eigenvalue weighted by atomic mass is 10.1. The van der Waals surface area contributed by atoms with Crippen LogP contribution in [0.5, 0.6) is 5.75 Å². The van der Waals surface area contributed by atoms with Gasteiger partial charge in [-0.1, -0.05) is 74.3 Å². The van der Waals surface area contributed by atoms with Gasteiger partial charge >= 0.3 is 0 Å². The maximum absolute atomic E-state index is 11.0. The highest BCUT2D eigenvalue weighted by Crippen LogP contribution is 2.37. The van der Waals surface area contributed by atoms with E-state index in [9.17, 15) is 4.79 Å². The Morgan fingerprint density at radius 3 is 2.47 bits per heavy atom. The van der Waals surface area contributed by atoms with Crippen LogP contribution in [-0.2, 0) is 14.6 Å². The first-order chi connectivity index (χ1) is 9.12. The molecule has 2 nitrogen and oxygen atoms in total. The first-order valence-corrected chi connectivity index (χ1v) is 7.32. The maximum Gasteiger partial charge on any atom is 0.160 e. The van der Waals surface area contributed by atoms with E-state index in [1.807, 2.05) is 54.6 Å². The minimum Gasteiger partial charge on any atom is -0.489 e. The third-order valence-electron chi connectivity index (χ3n) is 2.62. The van der Waals surface area contributed by atoms with E-state index in [0.29, 0.717) is 6.61 Å². The molecule has 2 aromatic rings. The lowest BCUT2D eigenvalue weighted by Gasteiger charge is -2.14. The summed E-state index contributed by atoms with van der Waals surface area (Å²) in [6.45, 7) is 0.503. The van der Waals surface area contributed by atoms with Crippen LogP contribution in [0.3, 0.4) is 0 Å². The molecule has 0 aliphatic carbocycles. The fourth-order valence-corrected chi connectivity index (χ4v) is 2.10. The second-order valence-electron chi connectivity index (χ2n) is 4.04. The van der Waals surface area contributed by atoms with Crippen molar-refractivity contribution >= 4 is 38.1 Å².